The number of carbonyl (C=O) groups is 2. The molecule has 0 fully saturated rings. The average Bonchev–Trinajstić information content (AvgIpc) is 3.30. The normalized spacial score (nSPS) is 11.0. The van der Waals surface area contributed by atoms with Crippen molar-refractivity contribution in [3.63, 3.8) is 0 Å². The Morgan fingerprint density at radius 1 is 1.10 bits per heavy atom. The van der Waals surface area contributed by atoms with Crippen molar-refractivity contribution >= 4 is 18.0 Å². The number of hydrogen-bond acceptors (Lipinski definition) is 7. The maximum absolute atomic E-state index is 12.0. The van der Waals surface area contributed by atoms with E-state index in [4.69, 9.17) is 9.47 Å². The zero-order valence-electron chi connectivity index (χ0n) is 15.8. The second-order valence-electron chi connectivity index (χ2n) is 5.98. The molecule has 0 bridgehead atoms. The number of aromatic nitrogens is 3. The smallest absolute Gasteiger partial charge is 0.354 e. The van der Waals surface area contributed by atoms with E-state index in [1.54, 1.807) is 17.1 Å². The van der Waals surface area contributed by atoms with Gasteiger partial charge in [0.2, 0.25) is 0 Å². The lowest BCUT2D eigenvalue weighted by molar-refractivity contribution is -0.143. The molecule has 0 aliphatic heterocycles. The number of rotatable bonds is 8. The second kappa shape index (κ2) is 9.84. The van der Waals surface area contributed by atoms with E-state index in [2.05, 4.69) is 15.4 Å². The van der Waals surface area contributed by atoms with Crippen molar-refractivity contribution < 1.29 is 19.1 Å². The number of nitrogens with one attached hydrogen (secondary N) is 1. The molecule has 2 aromatic carbocycles. The molecule has 8 heteroatoms. The van der Waals surface area contributed by atoms with Gasteiger partial charge in [-0.25, -0.2) is 14.5 Å². The molecular weight excluding hydrogens is 372 g/mol. The second-order valence-corrected chi connectivity index (χ2v) is 5.98. The minimum Gasteiger partial charge on any atom is -0.464 e. The van der Waals surface area contributed by atoms with E-state index in [1.165, 1.54) is 13.4 Å². The van der Waals surface area contributed by atoms with Crippen LogP contribution in [0.5, 0.6) is 0 Å². The standard InChI is InChI=1S/C21H20N4O4/c1-28-21(27)19(23-12-20(26)29-13-17-5-3-2-4-6-17)11-16-7-9-18(10-8-16)25-15-22-14-24-25/h2-11,14-15,23H,12-13H2,1H3/b19-11-. The Morgan fingerprint density at radius 2 is 1.86 bits per heavy atom. The van der Waals surface area contributed by atoms with Gasteiger partial charge >= 0.3 is 11.9 Å². The van der Waals surface area contributed by atoms with Crippen molar-refractivity contribution in [2.24, 2.45) is 0 Å². The highest BCUT2D eigenvalue weighted by Gasteiger charge is 2.12. The molecule has 0 spiro atoms. The van der Waals surface area contributed by atoms with Gasteiger partial charge in [0, 0.05) is 0 Å². The molecule has 1 N–H and O–H groups in total. The van der Waals surface area contributed by atoms with Crippen molar-refractivity contribution in [1.29, 1.82) is 0 Å². The zero-order chi connectivity index (χ0) is 20.5. The van der Waals surface area contributed by atoms with E-state index in [0.717, 1.165) is 16.8 Å². The SMILES string of the molecule is COC(=O)/C(=C/c1ccc(-n2cncn2)cc1)NCC(=O)OCc1ccccc1. The Kier molecular flexibility index (Phi) is 6.72. The van der Waals surface area contributed by atoms with Crippen LogP contribution in [0.2, 0.25) is 0 Å². The lowest BCUT2D eigenvalue weighted by atomic mass is 10.1. The van der Waals surface area contributed by atoms with E-state index in [1.807, 2.05) is 54.6 Å². The van der Waals surface area contributed by atoms with Gasteiger partial charge in [0.1, 0.15) is 31.5 Å². The Labute approximate surface area is 167 Å². The first-order chi connectivity index (χ1) is 14.2. The maximum atomic E-state index is 12.0. The largest absolute Gasteiger partial charge is 0.464 e. The molecular formula is C21H20N4O4. The highest BCUT2D eigenvalue weighted by atomic mass is 16.5. The molecule has 148 valence electrons. The van der Waals surface area contributed by atoms with Gasteiger partial charge in [0.15, 0.2) is 0 Å². The van der Waals surface area contributed by atoms with Crippen molar-refractivity contribution in [3.05, 3.63) is 84.1 Å². The average molecular weight is 392 g/mol. The summed E-state index contributed by atoms with van der Waals surface area (Å²) < 4.78 is 11.6. The summed E-state index contributed by atoms with van der Waals surface area (Å²) in [5, 5.41) is 6.84. The highest BCUT2D eigenvalue weighted by molar-refractivity contribution is 5.93. The van der Waals surface area contributed by atoms with Crippen LogP contribution in [0.3, 0.4) is 0 Å². The van der Waals surface area contributed by atoms with Gasteiger partial charge in [-0.1, -0.05) is 42.5 Å². The third kappa shape index (κ3) is 5.77. The molecule has 0 unspecified atom stereocenters. The van der Waals surface area contributed by atoms with Crippen LogP contribution in [0.4, 0.5) is 0 Å². The van der Waals surface area contributed by atoms with Crippen molar-refractivity contribution in [3.8, 4) is 5.69 Å². The van der Waals surface area contributed by atoms with Gasteiger partial charge < -0.3 is 14.8 Å². The van der Waals surface area contributed by atoms with Gasteiger partial charge in [-0.2, -0.15) is 5.10 Å². The third-order valence-electron chi connectivity index (χ3n) is 3.96. The molecule has 0 aliphatic rings. The molecule has 0 atom stereocenters. The monoisotopic (exact) mass is 392 g/mol. The van der Waals surface area contributed by atoms with E-state index < -0.39 is 11.9 Å². The summed E-state index contributed by atoms with van der Waals surface area (Å²) in [6, 6.07) is 16.7. The molecule has 0 saturated carbocycles. The van der Waals surface area contributed by atoms with E-state index in [9.17, 15) is 9.59 Å². The van der Waals surface area contributed by atoms with Crippen molar-refractivity contribution in [1.82, 2.24) is 20.1 Å². The molecule has 1 aromatic heterocycles. The number of benzene rings is 2. The van der Waals surface area contributed by atoms with Gasteiger partial charge in [-0.15, -0.1) is 0 Å². The molecule has 3 aromatic rings. The number of nitrogens with zero attached hydrogens (tertiary/aromatic N) is 3. The van der Waals surface area contributed by atoms with Crippen LogP contribution in [-0.2, 0) is 25.7 Å². The predicted molar refractivity (Wildman–Crippen MR) is 106 cm³/mol. The molecule has 3 rings (SSSR count). The molecule has 0 amide bonds. The highest BCUT2D eigenvalue weighted by Crippen LogP contribution is 2.11. The van der Waals surface area contributed by atoms with Crippen LogP contribution >= 0.6 is 0 Å². The molecule has 1 heterocycles. The summed E-state index contributed by atoms with van der Waals surface area (Å²) in [5.74, 6) is -1.06. The lowest BCUT2D eigenvalue weighted by Crippen LogP contribution is -2.28. The number of carbonyl (C=O) groups excluding carboxylic acids is 2. The molecule has 8 nitrogen and oxygen atoms in total. The lowest BCUT2D eigenvalue weighted by Gasteiger charge is -2.10. The maximum Gasteiger partial charge on any atom is 0.354 e. The fourth-order valence-electron chi connectivity index (χ4n) is 2.48. The summed E-state index contributed by atoms with van der Waals surface area (Å²) in [7, 11) is 1.28. The number of hydrogen-bond donors (Lipinski definition) is 1. The van der Waals surface area contributed by atoms with E-state index in [0.29, 0.717) is 0 Å². The topological polar surface area (TPSA) is 95.3 Å². The van der Waals surface area contributed by atoms with Crippen LogP contribution in [0, 0.1) is 0 Å². The van der Waals surface area contributed by atoms with E-state index >= 15 is 0 Å². The number of methoxy groups -OCH3 is 1. The minimum atomic E-state index is -0.582. The quantitative estimate of drug-likeness (QED) is 0.463. The van der Waals surface area contributed by atoms with Gasteiger partial charge in [-0.3, -0.25) is 4.79 Å². The van der Waals surface area contributed by atoms with Crippen molar-refractivity contribution in [2.75, 3.05) is 13.7 Å². The minimum absolute atomic E-state index is 0.151. The van der Waals surface area contributed by atoms with Crippen LogP contribution < -0.4 is 5.32 Å². The first-order valence-corrected chi connectivity index (χ1v) is 8.84. The Bertz CT molecular complexity index is 968. The van der Waals surface area contributed by atoms with E-state index in [-0.39, 0.29) is 18.8 Å². The van der Waals surface area contributed by atoms with Gasteiger partial charge in [0.05, 0.1) is 12.8 Å². The first kappa shape index (κ1) is 19.8. The Morgan fingerprint density at radius 3 is 2.52 bits per heavy atom. The fraction of sp³-hybridized carbons (Fsp3) is 0.143. The summed E-state index contributed by atoms with van der Waals surface area (Å²) in [5.41, 5.74) is 2.62. The summed E-state index contributed by atoms with van der Waals surface area (Å²) in [6.45, 7) is 0.00712. The zero-order valence-corrected chi connectivity index (χ0v) is 15.8. The summed E-state index contributed by atoms with van der Waals surface area (Å²) in [6.07, 6.45) is 4.64. The number of esters is 2. The fourth-order valence-corrected chi connectivity index (χ4v) is 2.48. The predicted octanol–water partition coefficient (Wildman–Crippen LogP) is 2.11. The van der Waals surface area contributed by atoms with Gasteiger partial charge in [-0.05, 0) is 29.3 Å². The summed E-state index contributed by atoms with van der Waals surface area (Å²) >= 11 is 0. The summed E-state index contributed by atoms with van der Waals surface area (Å²) in [4.78, 5) is 27.9. The molecule has 0 radical (unpaired) electrons. The Hall–Kier alpha value is -3.94. The van der Waals surface area contributed by atoms with Crippen LogP contribution in [0.15, 0.2) is 72.9 Å². The third-order valence-corrected chi connectivity index (χ3v) is 3.96. The van der Waals surface area contributed by atoms with Gasteiger partial charge in [0.25, 0.3) is 0 Å². The Balaban J connectivity index is 1.61. The van der Waals surface area contributed by atoms with Crippen LogP contribution in [0.1, 0.15) is 11.1 Å². The van der Waals surface area contributed by atoms with Crippen molar-refractivity contribution in [2.45, 2.75) is 6.61 Å². The molecule has 29 heavy (non-hydrogen) atoms. The van der Waals surface area contributed by atoms with Crippen LogP contribution in [0.25, 0.3) is 11.8 Å². The molecule has 0 saturated heterocycles. The number of ether oxygens (including phenoxy) is 2. The molecule has 0 aliphatic carbocycles. The first-order valence-electron chi connectivity index (χ1n) is 8.84. The van der Waals surface area contributed by atoms with Crippen LogP contribution in [-0.4, -0.2) is 40.4 Å².